The number of anilines is 2. The largest absolute Gasteiger partial charge is 0.369 e. The highest BCUT2D eigenvalue weighted by Gasteiger charge is 2.44. The third kappa shape index (κ3) is 2.84. The van der Waals surface area contributed by atoms with Crippen molar-refractivity contribution in [3.05, 3.63) is 71.8 Å². The van der Waals surface area contributed by atoms with E-state index in [1.54, 1.807) is 24.3 Å². The van der Waals surface area contributed by atoms with Gasteiger partial charge in [-0.25, -0.2) is 9.89 Å². The molecular weight excluding hydrogens is 428 g/mol. The van der Waals surface area contributed by atoms with Gasteiger partial charge < -0.3 is 11.5 Å². The molecule has 3 aromatic rings. The number of benzene rings is 3. The smallest absolute Gasteiger partial charge is 0.265 e. The van der Waals surface area contributed by atoms with Crippen molar-refractivity contribution in [2.24, 2.45) is 21.5 Å². The molecule has 3 aromatic carbocycles. The zero-order valence-electron chi connectivity index (χ0n) is 18.6. The number of hydrogen-bond donors (Lipinski definition) is 2. The van der Waals surface area contributed by atoms with Crippen LogP contribution in [0.15, 0.2) is 70.6 Å². The highest BCUT2D eigenvalue weighted by Crippen LogP contribution is 2.44. The van der Waals surface area contributed by atoms with Gasteiger partial charge in [-0.05, 0) is 56.0 Å². The van der Waals surface area contributed by atoms with Crippen LogP contribution < -0.4 is 21.3 Å². The Morgan fingerprint density at radius 3 is 2.24 bits per heavy atom. The molecule has 0 atom stereocenters. The second-order valence-corrected chi connectivity index (χ2v) is 8.96. The second kappa shape index (κ2) is 7.41. The lowest BCUT2D eigenvalue weighted by Gasteiger charge is -2.46. The first kappa shape index (κ1) is 20.4. The average molecular weight is 453 g/mol. The third-order valence-electron chi connectivity index (χ3n) is 6.99. The number of carbonyl (C=O) groups is 2. The number of imide groups is 1. The normalized spacial score (nSPS) is 19.4. The summed E-state index contributed by atoms with van der Waals surface area (Å²) >= 11 is 0. The fourth-order valence-electron chi connectivity index (χ4n) is 5.56. The van der Waals surface area contributed by atoms with Crippen molar-refractivity contribution < 1.29 is 9.59 Å². The summed E-state index contributed by atoms with van der Waals surface area (Å²) in [5, 5.41) is 1.40. The second-order valence-electron chi connectivity index (χ2n) is 8.96. The average Bonchev–Trinajstić information content (AvgIpc) is 2.84. The predicted octanol–water partition coefficient (Wildman–Crippen LogP) is 3.75. The van der Waals surface area contributed by atoms with Gasteiger partial charge in [-0.1, -0.05) is 36.8 Å². The number of carbonyl (C=O) groups excluding carboxylic acids is 2. The Hall–Kier alpha value is -4.20. The van der Waals surface area contributed by atoms with Crippen LogP contribution in [0.1, 0.15) is 52.8 Å². The van der Waals surface area contributed by atoms with E-state index < -0.39 is 5.66 Å². The third-order valence-corrected chi connectivity index (χ3v) is 6.99. The predicted molar refractivity (Wildman–Crippen MR) is 133 cm³/mol. The first-order valence-corrected chi connectivity index (χ1v) is 11.5. The van der Waals surface area contributed by atoms with Crippen molar-refractivity contribution in [1.82, 2.24) is 0 Å². The van der Waals surface area contributed by atoms with Crippen LogP contribution in [0.2, 0.25) is 0 Å². The maximum atomic E-state index is 13.5. The lowest BCUT2D eigenvalue weighted by molar-refractivity contribution is 0.0893. The Kier molecular flexibility index (Phi) is 4.45. The number of guanidine groups is 2. The van der Waals surface area contributed by atoms with Crippen molar-refractivity contribution >= 4 is 45.9 Å². The quantitative estimate of drug-likeness (QED) is 0.574. The van der Waals surface area contributed by atoms with Crippen LogP contribution in [0.25, 0.3) is 10.8 Å². The number of rotatable bonds is 2. The van der Waals surface area contributed by atoms with Crippen molar-refractivity contribution in [2.45, 2.75) is 37.8 Å². The fourth-order valence-corrected chi connectivity index (χ4v) is 5.56. The summed E-state index contributed by atoms with van der Waals surface area (Å²) in [5.41, 5.74) is 14.1. The monoisotopic (exact) mass is 452 g/mol. The number of amides is 2. The molecule has 1 spiro atoms. The maximum absolute atomic E-state index is 13.5. The summed E-state index contributed by atoms with van der Waals surface area (Å²) in [4.78, 5) is 39.2. The molecule has 34 heavy (non-hydrogen) atoms. The molecule has 6 rings (SSSR count). The molecule has 0 bridgehead atoms. The molecule has 0 saturated heterocycles. The molecule has 2 amide bonds. The Morgan fingerprint density at radius 1 is 0.794 bits per heavy atom. The van der Waals surface area contributed by atoms with Crippen LogP contribution in [-0.4, -0.2) is 29.4 Å². The molecule has 2 aliphatic heterocycles. The molecule has 0 aromatic heterocycles. The van der Waals surface area contributed by atoms with E-state index in [9.17, 15) is 9.59 Å². The maximum Gasteiger partial charge on any atom is 0.265 e. The molecule has 4 N–H and O–H groups in total. The highest BCUT2D eigenvalue weighted by atomic mass is 16.2. The summed E-state index contributed by atoms with van der Waals surface area (Å²) in [5.74, 6) is -0.237. The Morgan fingerprint density at radius 2 is 1.50 bits per heavy atom. The molecule has 8 heteroatoms. The number of nitrogens with zero attached hydrogens (tertiary/aromatic N) is 4. The molecule has 2 heterocycles. The van der Waals surface area contributed by atoms with E-state index in [0.29, 0.717) is 22.2 Å². The summed E-state index contributed by atoms with van der Waals surface area (Å²) in [6.45, 7) is 0. The lowest BCUT2D eigenvalue weighted by Crippen LogP contribution is -2.58. The number of aliphatic imine (C=N–C) groups is 2. The first-order chi connectivity index (χ1) is 16.5. The topological polar surface area (TPSA) is 117 Å². The molecular formula is C26H24N6O2. The molecule has 8 nitrogen and oxygen atoms in total. The van der Waals surface area contributed by atoms with Crippen LogP contribution in [-0.2, 0) is 0 Å². The van der Waals surface area contributed by atoms with Gasteiger partial charge in [0.2, 0.25) is 11.9 Å². The minimum Gasteiger partial charge on any atom is -0.369 e. The van der Waals surface area contributed by atoms with Gasteiger partial charge in [-0.15, -0.1) is 0 Å². The van der Waals surface area contributed by atoms with Gasteiger partial charge in [0.1, 0.15) is 5.66 Å². The standard InChI is InChI=1S/C26H24N6O2/c27-24-29-25(28)32(26(30-24)14-5-2-6-15-26)20-13-12-19-21-17(20)10-7-11-18(21)22(33)31(23(19)34)16-8-3-1-4-9-16/h1,3-4,7-13H,2,5-6,14-15H2,(H4,27,28,29,30). The van der Waals surface area contributed by atoms with Crippen molar-refractivity contribution in [3.63, 3.8) is 0 Å². The van der Waals surface area contributed by atoms with Gasteiger partial charge in [-0.3, -0.25) is 14.5 Å². The van der Waals surface area contributed by atoms with Crippen LogP contribution >= 0.6 is 0 Å². The van der Waals surface area contributed by atoms with Crippen molar-refractivity contribution in [1.29, 1.82) is 0 Å². The SMILES string of the molecule is NC1=NC2(CCCCC2)N(c2ccc3c4c(cccc24)C(=O)N(c2ccccc2)C3=O)C(N)=N1. The minimum absolute atomic E-state index is 0.183. The van der Waals surface area contributed by atoms with Gasteiger partial charge in [0.15, 0.2) is 0 Å². The summed E-state index contributed by atoms with van der Waals surface area (Å²) < 4.78 is 0. The van der Waals surface area contributed by atoms with E-state index in [4.69, 9.17) is 16.5 Å². The fraction of sp³-hybridized carbons (Fsp3) is 0.231. The Labute approximate surface area is 196 Å². The Balaban J connectivity index is 1.55. The molecule has 1 saturated carbocycles. The molecule has 170 valence electrons. The van der Waals surface area contributed by atoms with Crippen LogP contribution in [0, 0.1) is 0 Å². The molecule has 1 aliphatic carbocycles. The zero-order chi connectivity index (χ0) is 23.4. The summed E-state index contributed by atoms with van der Waals surface area (Å²) in [7, 11) is 0. The molecule has 0 unspecified atom stereocenters. The van der Waals surface area contributed by atoms with E-state index in [1.807, 2.05) is 41.3 Å². The van der Waals surface area contributed by atoms with Crippen molar-refractivity contribution in [2.75, 3.05) is 9.80 Å². The zero-order valence-corrected chi connectivity index (χ0v) is 18.6. The number of para-hydroxylation sites is 1. The number of hydrogen-bond acceptors (Lipinski definition) is 7. The molecule has 3 aliphatic rings. The minimum atomic E-state index is -0.618. The summed E-state index contributed by atoms with van der Waals surface area (Å²) in [6.07, 6.45) is 4.74. The van der Waals surface area contributed by atoms with Crippen LogP contribution in [0.4, 0.5) is 11.4 Å². The van der Waals surface area contributed by atoms with E-state index in [1.165, 1.54) is 4.90 Å². The Bertz CT molecular complexity index is 1380. The molecule has 1 fully saturated rings. The highest BCUT2D eigenvalue weighted by molar-refractivity contribution is 6.36. The summed E-state index contributed by atoms with van der Waals surface area (Å²) in [6, 6.07) is 18.2. The van der Waals surface area contributed by atoms with Crippen molar-refractivity contribution in [3.8, 4) is 0 Å². The lowest BCUT2D eigenvalue weighted by atomic mass is 9.86. The van der Waals surface area contributed by atoms with Gasteiger partial charge in [0.05, 0.1) is 11.4 Å². The van der Waals surface area contributed by atoms with E-state index in [0.717, 1.165) is 43.2 Å². The van der Waals surface area contributed by atoms with Crippen LogP contribution in [0.5, 0.6) is 0 Å². The number of nitrogens with two attached hydrogens (primary N) is 2. The first-order valence-electron chi connectivity index (χ1n) is 11.5. The van der Waals surface area contributed by atoms with Gasteiger partial charge in [-0.2, -0.15) is 4.99 Å². The van der Waals surface area contributed by atoms with E-state index in [-0.39, 0.29) is 23.7 Å². The van der Waals surface area contributed by atoms with E-state index >= 15 is 0 Å². The van der Waals surface area contributed by atoms with E-state index in [2.05, 4.69) is 4.99 Å². The van der Waals surface area contributed by atoms with Gasteiger partial charge in [0.25, 0.3) is 11.8 Å². The van der Waals surface area contributed by atoms with Gasteiger partial charge in [0, 0.05) is 21.9 Å². The molecule has 0 radical (unpaired) electrons. The van der Waals surface area contributed by atoms with Crippen LogP contribution in [0.3, 0.4) is 0 Å². The van der Waals surface area contributed by atoms with Gasteiger partial charge >= 0.3 is 0 Å².